The van der Waals surface area contributed by atoms with Crippen LogP contribution in [0.3, 0.4) is 0 Å². The summed E-state index contributed by atoms with van der Waals surface area (Å²) in [6.07, 6.45) is 5.42. The SMILES string of the molecule is CC[C@@H](C)Cc1c(C)sc2nc(CSCC(=O)N3CCCC[C@H]3C)[nH]c(=O)c12. The number of carbonyl (C=O) groups is 1. The van der Waals surface area contributed by atoms with Gasteiger partial charge in [-0.15, -0.1) is 23.1 Å². The predicted molar refractivity (Wildman–Crippen MR) is 119 cm³/mol. The van der Waals surface area contributed by atoms with Crippen LogP contribution in [0.1, 0.15) is 62.7 Å². The number of aromatic amines is 1. The highest BCUT2D eigenvalue weighted by Gasteiger charge is 2.23. The molecule has 1 fully saturated rings. The molecule has 3 rings (SSSR count). The Bertz CT molecular complexity index is 890. The van der Waals surface area contributed by atoms with Gasteiger partial charge in [0.25, 0.3) is 5.56 Å². The average molecular weight is 422 g/mol. The Hall–Kier alpha value is -1.34. The van der Waals surface area contributed by atoms with Crippen molar-refractivity contribution >= 4 is 39.2 Å². The summed E-state index contributed by atoms with van der Waals surface area (Å²) in [5, 5.41) is 0.759. The summed E-state index contributed by atoms with van der Waals surface area (Å²) in [7, 11) is 0. The van der Waals surface area contributed by atoms with Crippen molar-refractivity contribution in [3.63, 3.8) is 0 Å². The zero-order chi connectivity index (χ0) is 20.3. The van der Waals surface area contributed by atoms with E-state index < -0.39 is 0 Å². The number of hydrogen-bond acceptors (Lipinski definition) is 5. The Kier molecular flexibility index (Phi) is 7.20. The molecule has 0 aliphatic carbocycles. The third-order valence-corrected chi connectivity index (χ3v) is 7.72. The van der Waals surface area contributed by atoms with Crippen molar-refractivity contribution < 1.29 is 4.79 Å². The van der Waals surface area contributed by atoms with Crippen molar-refractivity contribution in [1.82, 2.24) is 14.9 Å². The molecule has 28 heavy (non-hydrogen) atoms. The van der Waals surface area contributed by atoms with E-state index in [-0.39, 0.29) is 11.5 Å². The maximum atomic E-state index is 12.7. The summed E-state index contributed by atoms with van der Waals surface area (Å²) in [6, 6.07) is 0.342. The van der Waals surface area contributed by atoms with Gasteiger partial charge in [0.05, 0.1) is 16.9 Å². The fraction of sp³-hybridized carbons (Fsp3) is 0.667. The number of aromatic nitrogens is 2. The summed E-state index contributed by atoms with van der Waals surface area (Å²) in [5.74, 6) is 2.40. The number of carbonyl (C=O) groups excluding carboxylic acids is 1. The van der Waals surface area contributed by atoms with E-state index in [1.807, 2.05) is 4.90 Å². The molecule has 0 radical (unpaired) electrons. The van der Waals surface area contributed by atoms with Crippen molar-refractivity contribution in [2.24, 2.45) is 5.92 Å². The summed E-state index contributed by atoms with van der Waals surface area (Å²) in [6.45, 7) is 9.48. The van der Waals surface area contributed by atoms with E-state index in [1.165, 1.54) is 23.1 Å². The highest BCUT2D eigenvalue weighted by Crippen LogP contribution is 2.30. The molecule has 0 spiro atoms. The molecular formula is C21H31N3O2S2. The molecule has 1 amide bonds. The van der Waals surface area contributed by atoms with Crippen LogP contribution >= 0.6 is 23.1 Å². The number of nitrogens with zero attached hydrogens (tertiary/aromatic N) is 2. The van der Waals surface area contributed by atoms with Crippen LogP contribution in [0, 0.1) is 12.8 Å². The largest absolute Gasteiger partial charge is 0.339 e. The molecule has 2 aromatic heterocycles. The molecule has 0 aromatic carbocycles. The Morgan fingerprint density at radius 3 is 2.93 bits per heavy atom. The zero-order valence-electron chi connectivity index (χ0n) is 17.3. The molecule has 0 bridgehead atoms. The summed E-state index contributed by atoms with van der Waals surface area (Å²) >= 11 is 3.14. The lowest BCUT2D eigenvalue weighted by Gasteiger charge is -2.33. The Balaban J connectivity index is 1.67. The zero-order valence-corrected chi connectivity index (χ0v) is 19.0. The number of thioether (sulfide) groups is 1. The molecule has 2 atom stereocenters. The number of hydrogen-bond donors (Lipinski definition) is 1. The van der Waals surface area contributed by atoms with Gasteiger partial charge in [-0.2, -0.15) is 0 Å². The van der Waals surface area contributed by atoms with E-state index in [2.05, 4.69) is 32.7 Å². The highest BCUT2D eigenvalue weighted by atomic mass is 32.2. The number of rotatable bonds is 7. The minimum atomic E-state index is -0.0424. The molecule has 154 valence electrons. The van der Waals surface area contributed by atoms with E-state index in [1.54, 1.807) is 11.3 Å². The van der Waals surface area contributed by atoms with Gasteiger partial charge in [0, 0.05) is 17.5 Å². The van der Waals surface area contributed by atoms with Gasteiger partial charge in [-0.3, -0.25) is 9.59 Å². The normalized spacial score (nSPS) is 18.6. The maximum absolute atomic E-state index is 12.7. The van der Waals surface area contributed by atoms with Crippen molar-refractivity contribution in [2.75, 3.05) is 12.3 Å². The Labute approximate surface area is 175 Å². The summed E-state index contributed by atoms with van der Waals surface area (Å²) < 4.78 is 0. The van der Waals surface area contributed by atoms with Gasteiger partial charge in [0.1, 0.15) is 10.7 Å². The first-order valence-electron chi connectivity index (χ1n) is 10.3. The molecule has 1 aliphatic heterocycles. The van der Waals surface area contributed by atoms with Crippen molar-refractivity contribution in [3.05, 3.63) is 26.6 Å². The fourth-order valence-corrected chi connectivity index (χ4v) is 5.66. The van der Waals surface area contributed by atoms with Crippen LogP contribution in [-0.4, -0.2) is 39.1 Å². The lowest BCUT2D eigenvalue weighted by molar-refractivity contribution is -0.131. The fourth-order valence-electron chi connectivity index (χ4n) is 3.81. The van der Waals surface area contributed by atoms with Gasteiger partial charge in [-0.25, -0.2) is 4.98 Å². The second-order valence-electron chi connectivity index (χ2n) is 7.97. The maximum Gasteiger partial charge on any atom is 0.259 e. The number of amides is 1. The predicted octanol–water partition coefficient (Wildman–Crippen LogP) is 4.52. The van der Waals surface area contributed by atoms with E-state index in [0.29, 0.717) is 29.3 Å². The van der Waals surface area contributed by atoms with Crippen molar-refractivity contribution in [3.8, 4) is 0 Å². The quantitative estimate of drug-likeness (QED) is 0.714. The molecule has 0 saturated carbocycles. The number of fused-ring (bicyclic) bond motifs is 1. The Morgan fingerprint density at radius 1 is 1.43 bits per heavy atom. The second-order valence-corrected chi connectivity index (χ2v) is 10.2. The van der Waals surface area contributed by atoms with E-state index in [9.17, 15) is 9.59 Å². The minimum absolute atomic E-state index is 0.0424. The van der Waals surface area contributed by atoms with Crippen molar-refractivity contribution in [2.45, 2.75) is 71.6 Å². The first-order valence-corrected chi connectivity index (χ1v) is 12.3. The van der Waals surface area contributed by atoms with Gasteiger partial charge in [-0.05, 0) is 51.0 Å². The third kappa shape index (κ3) is 4.79. The van der Waals surface area contributed by atoms with Gasteiger partial charge < -0.3 is 9.88 Å². The molecule has 5 nitrogen and oxygen atoms in total. The molecule has 1 N–H and O–H groups in total. The number of piperidine rings is 1. The number of H-pyrrole nitrogens is 1. The first-order chi connectivity index (χ1) is 13.4. The second kappa shape index (κ2) is 9.44. The molecule has 1 aliphatic rings. The van der Waals surface area contributed by atoms with E-state index >= 15 is 0 Å². The smallest absolute Gasteiger partial charge is 0.259 e. The summed E-state index contributed by atoms with van der Waals surface area (Å²) in [4.78, 5) is 36.8. The number of nitrogens with one attached hydrogen (secondary N) is 1. The molecule has 2 aromatic rings. The van der Waals surface area contributed by atoms with Crippen LogP contribution in [0.25, 0.3) is 10.2 Å². The van der Waals surface area contributed by atoms with Crippen LogP contribution < -0.4 is 5.56 Å². The van der Waals surface area contributed by atoms with Gasteiger partial charge >= 0.3 is 0 Å². The average Bonchev–Trinajstić information content (AvgIpc) is 2.97. The lowest BCUT2D eigenvalue weighted by Crippen LogP contribution is -2.42. The minimum Gasteiger partial charge on any atom is -0.339 e. The van der Waals surface area contributed by atoms with E-state index in [4.69, 9.17) is 4.98 Å². The molecule has 7 heteroatoms. The van der Waals surface area contributed by atoms with Crippen LogP contribution in [-0.2, 0) is 17.0 Å². The molecule has 1 saturated heterocycles. The van der Waals surface area contributed by atoms with Gasteiger partial charge in [0.15, 0.2) is 0 Å². The van der Waals surface area contributed by atoms with Crippen LogP contribution in [0.5, 0.6) is 0 Å². The summed E-state index contributed by atoms with van der Waals surface area (Å²) in [5.41, 5.74) is 1.11. The lowest BCUT2D eigenvalue weighted by atomic mass is 9.98. The van der Waals surface area contributed by atoms with Crippen LogP contribution in [0.4, 0.5) is 0 Å². The third-order valence-electron chi connectivity index (χ3n) is 5.75. The van der Waals surface area contributed by atoms with Gasteiger partial charge in [-0.1, -0.05) is 20.3 Å². The molecule has 3 heterocycles. The number of likely N-dealkylation sites (tertiary alicyclic amines) is 1. The highest BCUT2D eigenvalue weighted by molar-refractivity contribution is 7.99. The van der Waals surface area contributed by atoms with E-state index in [0.717, 1.165) is 48.0 Å². The Morgan fingerprint density at radius 2 is 2.21 bits per heavy atom. The number of aryl methyl sites for hydroxylation is 1. The number of thiophene rings is 1. The molecule has 0 unspecified atom stereocenters. The molecular weight excluding hydrogens is 390 g/mol. The van der Waals surface area contributed by atoms with Gasteiger partial charge in [0.2, 0.25) is 5.91 Å². The standard InChI is InChI=1S/C21H31N3O2S2/c1-5-13(2)10-16-15(4)28-21-19(16)20(26)22-17(23-21)11-27-12-18(25)24-9-7-6-8-14(24)3/h13-14H,5-12H2,1-4H3,(H,22,23,26)/t13-,14-/m1/s1. The first kappa shape index (κ1) is 21.4. The monoisotopic (exact) mass is 421 g/mol. The van der Waals surface area contributed by atoms with Crippen molar-refractivity contribution in [1.29, 1.82) is 0 Å². The van der Waals surface area contributed by atoms with Crippen LogP contribution in [0.15, 0.2) is 4.79 Å². The topological polar surface area (TPSA) is 66.1 Å². The van der Waals surface area contributed by atoms with Crippen LogP contribution in [0.2, 0.25) is 0 Å².